The number of alkyl carbamates (subject to hydrolysis) is 1. The van der Waals surface area contributed by atoms with Crippen LogP contribution in [-0.4, -0.2) is 43.8 Å². The van der Waals surface area contributed by atoms with Gasteiger partial charge in [0, 0.05) is 24.6 Å². The van der Waals surface area contributed by atoms with Gasteiger partial charge in [0.1, 0.15) is 27.4 Å². The molecule has 1 aliphatic rings. The molecule has 0 aliphatic carbocycles. The van der Waals surface area contributed by atoms with E-state index < -0.39 is 23.2 Å². The van der Waals surface area contributed by atoms with Crippen molar-refractivity contribution in [1.82, 2.24) is 10.2 Å². The van der Waals surface area contributed by atoms with Crippen molar-refractivity contribution in [2.75, 3.05) is 0 Å². The van der Waals surface area contributed by atoms with Crippen molar-refractivity contribution in [3.63, 3.8) is 0 Å². The number of ether oxygens (including phenoxy) is 1. The van der Waals surface area contributed by atoms with Gasteiger partial charge in [0.15, 0.2) is 0 Å². The SMILES string of the molecule is CC(C)(C)OC(=O)NC(C)(Cc1ccc(-c2ccc(/C=C3\SC(S)N(Cc4ccccc4)C3=O)o2)cc1)C(=O)O. The molecule has 10 heteroatoms. The first kappa shape index (κ1) is 29.4. The Morgan fingerprint density at radius 3 is 2.35 bits per heavy atom. The second-order valence-electron chi connectivity index (χ2n) is 10.7. The highest BCUT2D eigenvalue weighted by molar-refractivity contribution is 8.14. The average molecular weight is 581 g/mol. The van der Waals surface area contributed by atoms with E-state index in [4.69, 9.17) is 9.15 Å². The first-order chi connectivity index (χ1) is 18.8. The van der Waals surface area contributed by atoms with Crippen LogP contribution >= 0.6 is 24.4 Å². The second-order valence-corrected chi connectivity index (χ2v) is 12.7. The van der Waals surface area contributed by atoms with Gasteiger partial charge in [0.25, 0.3) is 5.91 Å². The normalized spacial score (nSPS) is 18.0. The number of rotatable bonds is 8. The summed E-state index contributed by atoms with van der Waals surface area (Å²) >= 11 is 5.95. The number of carboxylic acids is 1. The van der Waals surface area contributed by atoms with Crippen molar-refractivity contribution in [1.29, 1.82) is 0 Å². The van der Waals surface area contributed by atoms with E-state index in [-0.39, 0.29) is 17.0 Å². The number of furan rings is 1. The Balaban J connectivity index is 1.43. The lowest BCUT2D eigenvalue weighted by molar-refractivity contribution is -0.144. The maximum Gasteiger partial charge on any atom is 0.408 e. The molecular formula is C30H32N2O6S2. The molecule has 0 spiro atoms. The van der Waals surface area contributed by atoms with Crippen LogP contribution in [0, 0.1) is 0 Å². The highest BCUT2D eigenvalue weighted by Gasteiger charge is 2.37. The minimum absolute atomic E-state index is 0.0566. The van der Waals surface area contributed by atoms with E-state index in [1.165, 1.54) is 18.7 Å². The van der Waals surface area contributed by atoms with Crippen LogP contribution in [0.4, 0.5) is 4.79 Å². The molecule has 2 atom stereocenters. The van der Waals surface area contributed by atoms with Crippen molar-refractivity contribution < 1.29 is 28.6 Å². The minimum Gasteiger partial charge on any atom is -0.480 e. The van der Waals surface area contributed by atoms with E-state index in [9.17, 15) is 19.5 Å². The topological polar surface area (TPSA) is 109 Å². The third kappa shape index (κ3) is 7.31. The first-order valence-corrected chi connectivity index (χ1v) is 14.1. The number of thioether (sulfide) groups is 1. The van der Waals surface area contributed by atoms with Crippen LogP contribution in [0.1, 0.15) is 44.6 Å². The fourth-order valence-corrected chi connectivity index (χ4v) is 5.56. The summed E-state index contributed by atoms with van der Waals surface area (Å²) < 4.78 is 10.9. The zero-order valence-electron chi connectivity index (χ0n) is 22.7. The number of aliphatic carboxylic acids is 1. The van der Waals surface area contributed by atoms with Crippen LogP contribution in [0.15, 0.2) is 76.1 Å². The number of nitrogens with zero attached hydrogens (tertiary/aromatic N) is 1. The number of nitrogens with one attached hydrogen (secondary N) is 1. The summed E-state index contributed by atoms with van der Waals surface area (Å²) in [7, 11) is 0. The Kier molecular flexibility index (Phi) is 8.70. The predicted octanol–water partition coefficient (Wildman–Crippen LogP) is 6.19. The molecule has 0 radical (unpaired) electrons. The van der Waals surface area contributed by atoms with Crippen molar-refractivity contribution >= 4 is 48.4 Å². The monoisotopic (exact) mass is 580 g/mol. The quantitative estimate of drug-likeness (QED) is 0.215. The number of hydrogen-bond acceptors (Lipinski definition) is 7. The first-order valence-electron chi connectivity index (χ1n) is 12.7. The Morgan fingerprint density at radius 2 is 1.73 bits per heavy atom. The predicted molar refractivity (Wildman–Crippen MR) is 159 cm³/mol. The number of benzene rings is 2. The molecule has 1 aliphatic heterocycles. The van der Waals surface area contributed by atoms with Crippen molar-refractivity contribution in [3.8, 4) is 11.3 Å². The molecule has 3 aromatic rings. The van der Waals surface area contributed by atoms with Crippen molar-refractivity contribution in [2.24, 2.45) is 0 Å². The molecule has 2 N–H and O–H groups in total. The maximum atomic E-state index is 13.0. The smallest absolute Gasteiger partial charge is 0.408 e. The van der Waals surface area contributed by atoms with Gasteiger partial charge in [-0.1, -0.05) is 66.4 Å². The summed E-state index contributed by atoms with van der Waals surface area (Å²) in [5.41, 5.74) is 0.227. The zero-order chi connectivity index (χ0) is 29.1. The molecule has 8 nitrogen and oxygen atoms in total. The Hall–Kier alpha value is -3.63. The molecule has 0 saturated carbocycles. The fraction of sp³-hybridized carbons (Fsp3) is 0.300. The van der Waals surface area contributed by atoms with E-state index >= 15 is 0 Å². The molecule has 210 valence electrons. The summed E-state index contributed by atoms with van der Waals surface area (Å²) in [6.45, 7) is 7.05. The number of amides is 2. The van der Waals surface area contributed by atoms with Gasteiger partial charge in [-0.05, 0) is 51.0 Å². The lowest BCUT2D eigenvalue weighted by Gasteiger charge is -2.28. The van der Waals surface area contributed by atoms with E-state index in [1.54, 1.807) is 49.9 Å². The van der Waals surface area contributed by atoms with E-state index in [0.29, 0.717) is 28.5 Å². The summed E-state index contributed by atoms with van der Waals surface area (Å²) in [4.78, 5) is 39.5. The Labute approximate surface area is 243 Å². The van der Waals surface area contributed by atoms with Gasteiger partial charge >= 0.3 is 12.1 Å². The number of carboxylic acid groups (broad SMARTS) is 1. The molecule has 4 rings (SSSR count). The van der Waals surface area contributed by atoms with Gasteiger partial charge in [-0.3, -0.25) is 4.79 Å². The molecule has 40 heavy (non-hydrogen) atoms. The number of carbonyl (C=O) groups is 3. The standard InChI is InChI=1S/C30H32N2O6S2/c1-29(2,3)38-27(36)31-30(4,26(34)35)17-19-10-12-21(13-11-19)23-15-14-22(37-23)16-24-25(33)32(28(39)40-24)18-20-8-6-5-7-9-20/h5-16,28,39H,17-18H2,1-4H3,(H,31,36)(H,34,35)/b24-16-. The lowest BCUT2D eigenvalue weighted by Crippen LogP contribution is -2.54. The molecule has 1 saturated heterocycles. The number of hydrogen-bond donors (Lipinski definition) is 3. The van der Waals surface area contributed by atoms with Gasteiger partial charge in [0.2, 0.25) is 0 Å². The van der Waals surface area contributed by atoms with Crippen LogP contribution in [0.3, 0.4) is 0 Å². The Bertz CT molecular complexity index is 1410. The van der Waals surface area contributed by atoms with Crippen LogP contribution in [0.5, 0.6) is 0 Å². The summed E-state index contributed by atoms with van der Waals surface area (Å²) in [5, 5.41) is 12.3. The molecule has 2 aromatic carbocycles. The number of carbonyl (C=O) groups excluding carboxylic acids is 2. The van der Waals surface area contributed by atoms with Crippen molar-refractivity contribution in [2.45, 2.75) is 56.5 Å². The molecule has 1 fully saturated rings. The van der Waals surface area contributed by atoms with E-state index in [2.05, 4.69) is 17.9 Å². The highest BCUT2D eigenvalue weighted by atomic mass is 32.2. The molecule has 2 unspecified atom stereocenters. The molecule has 2 amide bonds. The molecular weight excluding hydrogens is 548 g/mol. The molecule has 1 aromatic heterocycles. The molecule has 0 bridgehead atoms. The van der Waals surface area contributed by atoms with Crippen molar-refractivity contribution in [3.05, 3.63) is 88.5 Å². The zero-order valence-corrected chi connectivity index (χ0v) is 24.4. The number of thiol groups is 1. The van der Waals surface area contributed by atoms with E-state index in [0.717, 1.165) is 11.1 Å². The average Bonchev–Trinajstić information content (AvgIpc) is 3.44. The second kappa shape index (κ2) is 11.9. The van der Waals surface area contributed by atoms with Crippen LogP contribution in [0.25, 0.3) is 17.4 Å². The third-order valence-corrected chi connectivity index (χ3v) is 7.72. The molecule has 2 heterocycles. The van der Waals surface area contributed by atoms with Crippen LogP contribution < -0.4 is 5.32 Å². The lowest BCUT2D eigenvalue weighted by atomic mass is 9.92. The van der Waals surface area contributed by atoms with E-state index in [1.807, 2.05) is 48.5 Å². The van der Waals surface area contributed by atoms with Gasteiger partial charge in [-0.25, -0.2) is 9.59 Å². The Morgan fingerprint density at radius 1 is 1.05 bits per heavy atom. The van der Waals surface area contributed by atoms with Gasteiger partial charge in [-0.15, -0.1) is 12.6 Å². The largest absolute Gasteiger partial charge is 0.480 e. The highest BCUT2D eigenvalue weighted by Crippen LogP contribution is 2.39. The summed E-state index contributed by atoms with van der Waals surface area (Å²) in [6, 6.07) is 20.6. The van der Waals surface area contributed by atoms with Gasteiger partial charge in [0.05, 0.1) is 4.91 Å². The van der Waals surface area contributed by atoms with Gasteiger partial charge < -0.3 is 24.5 Å². The summed E-state index contributed by atoms with van der Waals surface area (Å²) in [6.07, 6.45) is 0.985. The summed E-state index contributed by atoms with van der Waals surface area (Å²) in [5.74, 6) is -0.129. The van der Waals surface area contributed by atoms with Crippen LogP contribution in [0.2, 0.25) is 0 Å². The third-order valence-electron chi connectivity index (χ3n) is 6.11. The fourth-order valence-electron chi connectivity index (χ4n) is 4.11. The maximum absolute atomic E-state index is 13.0. The van der Waals surface area contributed by atoms with Crippen LogP contribution in [-0.2, 0) is 27.3 Å². The van der Waals surface area contributed by atoms with Gasteiger partial charge in [-0.2, -0.15) is 0 Å². The minimum atomic E-state index is -1.56.